The fraction of sp³-hybridized carbons (Fsp3) is 0.273. The Labute approximate surface area is 158 Å². The first kappa shape index (κ1) is 18.7. The van der Waals surface area contributed by atoms with Crippen LogP contribution in [-0.4, -0.2) is 6.36 Å². The van der Waals surface area contributed by atoms with Gasteiger partial charge in [0.15, 0.2) is 11.6 Å². The molecule has 0 aliphatic heterocycles. The minimum Gasteiger partial charge on any atom is -0.403 e. The van der Waals surface area contributed by atoms with Gasteiger partial charge >= 0.3 is 6.36 Å². The summed E-state index contributed by atoms with van der Waals surface area (Å²) >= 11 is 0. The molecule has 0 saturated heterocycles. The summed E-state index contributed by atoms with van der Waals surface area (Å²) in [4.78, 5) is 0. The maximum atomic E-state index is 15.1. The summed E-state index contributed by atoms with van der Waals surface area (Å²) in [5.41, 5.74) is 2.40. The first-order chi connectivity index (χ1) is 13.2. The van der Waals surface area contributed by atoms with Crippen LogP contribution < -0.4 is 4.74 Å². The van der Waals surface area contributed by atoms with Gasteiger partial charge in [0.1, 0.15) is 5.82 Å². The van der Waals surface area contributed by atoms with E-state index in [2.05, 4.69) is 4.74 Å². The Morgan fingerprint density at radius 2 is 1.75 bits per heavy atom. The number of aryl methyl sites for hydroxylation is 1. The second kappa shape index (κ2) is 6.76. The van der Waals surface area contributed by atoms with Crippen LogP contribution in [0.25, 0.3) is 10.8 Å². The van der Waals surface area contributed by atoms with Gasteiger partial charge in [-0.3, -0.25) is 0 Å². The zero-order chi connectivity index (χ0) is 20.1. The SMILES string of the molecule is Cc1ccc2c(F)c(C3CCc4c(ccc(OC(F)(F)F)c4F)C3)ccc2c1. The Kier molecular flexibility index (Phi) is 4.52. The molecule has 1 aliphatic rings. The monoisotopic (exact) mass is 392 g/mol. The molecule has 0 fully saturated rings. The molecular weight excluding hydrogens is 375 g/mol. The average Bonchev–Trinajstić information content (AvgIpc) is 2.63. The molecule has 0 saturated carbocycles. The lowest BCUT2D eigenvalue weighted by atomic mass is 9.79. The van der Waals surface area contributed by atoms with E-state index in [1.54, 1.807) is 12.1 Å². The summed E-state index contributed by atoms with van der Waals surface area (Å²) in [6, 6.07) is 11.6. The van der Waals surface area contributed by atoms with E-state index in [0.29, 0.717) is 29.4 Å². The van der Waals surface area contributed by atoms with Crippen LogP contribution in [0.1, 0.15) is 34.6 Å². The van der Waals surface area contributed by atoms with E-state index in [1.165, 1.54) is 6.07 Å². The van der Waals surface area contributed by atoms with Crippen LogP contribution in [0.15, 0.2) is 42.5 Å². The molecule has 6 heteroatoms. The predicted molar refractivity (Wildman–Crippen MR) is 96.5 cm³/mol. The number of hydrogen-bond acceptors (Lipinski definition) is 1. The van der Waals surface area contributed by atoms with Gasteiger partial charge in [-0.05, 0) is 60.2 Å². The molecule has 3 aromatic rings. The van der Waals surface area contributed by atoms with Gasteiger partial charge < -0.3 is 4.74 Å². The fourth-order valence-corrected chi connectivity index (χ4v) is 4.00. The molecule has 0 radical (unpaired) electrons. The molecule has 146 valence electrons. The number of fused-ring (bicyclic) bond motifs is 2. The number of halogens is 5. The number of benzene rings is 3. The second-order valence-corrected chi connectivity index (χ2v) is 7.20. The molecule has 1 atom stereocenters. The Morgan fingerprint density at radius 1 is 0.964 bits per heavy atom. The molecule has 3 aromatic carbocycles. The molecule has 1 aliphatic carbocycles. The number of hydrogen-bond donors (Lipinski definition) is 0. The van der Waals surface area contributed by atoms with Gasteiger partial charge in [-0.2, -0.15) is 0 Å². The highest BCUT2D eigenvalue weighted by atomic mass is 19.4. The lowest BCUT2D eigenvalue weighted by Gasteiger charge is -2.27. The quantitative estimate of drug-likeness (QED) is 0.447. The molecule has 28 heavy (non-hydrogen) atoms. The molecule has 0 amide bonds. The largest absolute Gasteiger partial charge is 0.573 e. The van der Waals surface area contributed by atoms with Crippen LogP contribution in [0, 0.1) is 18.6 Å². The zero-order valence-electron chi connectivity index (χ0n) is 15.0. The third-order valence-electron chi connectivity index (χ3n) is 5.32. The molecule has 0 spiro atoms. The highest BCUT2D eigenvalue weighted by Gasteiger charge is 2.34. The lowest BCUT2D eigenvalue weighted by molar-refractivity contribution is -0.275. The van der Waals surface area contributed by atoms with Crippen LogP contribution >= 0.6 is 0 Å². The van der Waals surface area contributed by atoms with E-state index < -0.39 is 17.9 Å². The maximum absolute atomic E-state index is 15.1. The van der Waals surface area contributed by atoms with Crippen molar-refractivity contribution in [2.24, 2.45) is 0 Å². The summed E-state index contributed by atoms with van der Waals surface area (Å²) in [6.45, 7) is 1.94. The molecule has 4 rings (SSSR count). The Morgan fingerprint density at radius 3 is 2.50 bits per heavy atom. The highest BCUT2D eigenvalue weighted by Crippen LogP contribution is 2.39. The summed E-state index contributed by atoms with van der Waals surface area (Å²) in [5.74, 6) is -2.25. The Hall–Kier alpha value is -2.63. The van der Waals surface area contributed by atoms with Gasteiger partial charge in [0.25, 0.3) is 0 Å². The van der Waals surface area contributed by atoms with Gasteiger partial charge in [0, 0.05) is 5.39 Å². The molecule has 1 unspecified atom stereocenters. The predicted octanol–water partition coefficient (Wildman–Crippen LogP) is 6.60. The fourth-order valence-electron chi connectivity index (χ4n) is 4.00. The first-order valence-electron chi connectivity index (χ1n) is 8.97. The van der Waals surface area contributed by atoms with Crippen molar-refractivity contribution in [2.75, 3.05) is 0 Å². The van der Waals surface area contributed by atoms with Gasteiger partial charge in [-0.1, -0.05) is 42.0 Å². The molecular formula is C22H17F5O. The van der Waals surface area contributed by atoms with Crippen molar-refractivity contribution in [3.8, 4) is 5.75 Å². The van der Waals surface area contributed by atoms with Gasteiger partial charge in [0.2, 0.25) is 0 Å². The van der Waals surface area contributed by atoms with E-state index in [-0.39, 0.29) is 23.7 Å². The van der Waals surface area contributed by atoms with E-state index >= 15 is 4.39 Å². The normalized spacial score (nSPS) is 16.9. The standard InChI is InChI=1S/C22H17F5O/c1-12-2-6-16-13(10-12)3-7-17(20(16)23)14-4-8-18-15(11-14)5-9-19(21(18)24)28-22(25,26)27/h2-3,5-7,9-10,14H,4,8,11H2,1H3. The van der Waals surface area contributed by atoms with E-state index in [1.807, 2.05) is 25.1 Å². The van der Waals surface area contributed by atoms with Crippen molar-refractivity contribution < 1.29 is 26.7 Å². The zero-order valence-corrected chi connectivity index (χ0v) is 15.0. The van der Waals surface area contributed by atoms with E-state index in [0.717, 1.165) is 17.0 Å². The third-order valence-corrected chi connectivity index (χ3v) is 5.32. The van der Waals surface area contributed by atoms with Crippen LogP contribution in [0.4, 0.5) is 22.0 Å². The van der Waals surface area contributed by atoms with Crippen LogP contribution in [-0.2, 0) is 12.8 Å². The molecule has 0 aromatic heterocycles. The van der Waals surface area contributed by atoms with Crippen LogP contribution in [0.2, 0.25) is 0 Å². The van der Waals surface area contributed by atoms with E-state index in [9.17, 15) is 17.6 Å². The smallest absolute Gasteiger partial charge is 0.403 e. The maximum Gasteiger partial charge on any atom is 0.573 e. The van der Waals surface area contributed by atoms with Gasteiger partial charge in [-0.25, -0.2) is 8.78 Å². The van der Waals surface area contributed by atoms with Gasteiger partial charge in [0.05, 0.1) is 0 Å². The average molecular weight is 392 g/mol. The molecule has 0 N–H and O–H groups in total. The summed E-state index contributed by atoms with van der Waals surface area (Å²) in [5, 5.41) is 1.35. The van der Waals surface area contributed by atoms with Crippen molar-refractivity contribution in [2.45, 2.75) is 38.5 Å². The van der Waals surface area contributed by atoms with Crippen LogP contribution in [0.3, 0.4) is 0 Å². The number of ether oxygens (including phenoxy) is 1. The number of rotatable bonds is 2. The van der Waals surface area contributed by atoms with Crippen molar-refractivity contribution in [1.82, 2.24) is 0 Å². The minimum atomic E-state index is -4.95. The molecule has 0 bridgehead atoms. The third kappa shape index (κ3) is 3.43. The van der Waals surface area contributed by atoms with Gasteiger partial charge in [-0.15, -0.1) is 13.2 Å². The van der Waals surface area contributed by atoms with Crippen molar-refractivity contribution in [3.05, 3.63) is 76.4 Å². The topological polar surface area (TPSA) is 9.23 Å². The first-order valence-corrected chi connectivity index (χ1v) is 8.97. The lowest BCUT2D eigenvalue weighted by Crippen LogP contribution is -2.20. The number of alkyl halides is 3. The summed E-state index contributed by atoms with van der Waals surface area (Å²) < 4.78 is 70.5. The molecule has 1 nitrogen and oxygen atoms in total. The summed E-state index contributed by atoms with van der Waals surface area (Å²) in [6.07, 6.45) is -3.90. The highest BCUT2D eigenvalue weighted by molar-refractivity contribution is 5.84. The molecule has 0 heterocycles. The minimum absolute atomic E-state index is 0.160. The van der Waals surface area contributed by atoms with Crippen molar-refractivity contribution in [1.29, 1.82) is 0 Å². The summed E-state index contributed by atoms with van der Waals surface area (Å²) in [7, 11) is 0. The van der Waals surface area contributed by atoms with Crippen molar-refractivity contribution in [3.63, 3.8) is 0 Å². The van der Waals surface area contributed by atoms with Crippen molar-refractivity contribution >= 4 is 10.8 Å². The Balaban J connectivity index is 1.66. The second-order valence-electron chi connectivity index (χ2n) is 7.20. The van der Waals surface area contributed by atoms with Crippen LogP contribution in [0.5, 0.6) is 5.75 Å². The Bertz CT molecular complexity index is 1050. The van der Waals surface area contributed by atoms with E-state index in [4.69, 9.17) is 0 Å².